The number of carbonyl (C=O) groups excluding carboxylic acids is 2. The number of ether oxygens (including phenoxy) is 3. The number of rotatable bonds is 4. The lowest BCUT2D eigenvalue weighted by molar-refractivity contribution is 0.0517. The van der Waals surface area contributed by atoms with E-state index >= 15 is 4.39 Å². The van der Waals surface area contributed by atoms with E-state index in [2.05, 4.69) is 25.8 Å². The number of hydrogen-bond acceptors (Lipinski definition) is 7. The van der Waals surface area contributed by atoms with Crippen molar-refractivity contribution in [3.63, 3.8) is 0 Å². The number of morpholine rings is 1. The molecular formula is C32H29BrClFN4O5. The molecule has 9 nitrogen and oxygen atoms in total. The molecule has 2 bridgehead atoms. The maximum Gasteiger partial charge on any atom is 0.340 e. The molecule has 4 heterocycles. The molecule has 2 fully saturated rings. The predicted octanol–water partition coefficient (Wildman–Crippen LogP) is 6.25. The van der Waals surface area contributed by atoms with Crippen LogP contribution in [0.3, 0.4) is 0 Å². The van der Waals surface area contributed by atoms with Crippen molar-refractivity contribution in [1.82, 2.24) is 14.5 Å². The summed E-state index contributed by atoms with van der Waals surface area (Å²) in [5.41, 5.74) is 3.93. The number of anilines is 1. The number of imidazole rings is 1. The van der Waals surface area contributed by atoms with Gasteiger partial charge in [-0.05, 0) is 53.9 Å². The molecular weight excluding hydrogens is 655 g/mol. The van der Waals surface area contributed by atoms with Crippen molar-refractivity contribution < 1.29 is 28.2 Å². The third kappa shape index (κ3) is 4.55. The molecule has 44 heavy (non-hydrogen) atoms. The molecule has 4 aromatic rings. The summed E-state index contributed by atoms with van der Waals surface area (Å²) < 4.78 is 35.5. The fourth-order valence-electron chi connectivity index (χ4n) is 6.68. The first-order valence-electron chi connectivity index (χ1n) is 14.3. The van der Waals surface area contributed by atoms with Crippen LogP contribution >= 0.6 is 27.5 Å². The molecule has 228 valence electrons. The van der Waals surface area contributed by atoms with Crippen LogP contribution in [-0.2, 0) is 23.1 Å². The number of esters is 1. The Morgan fingerprint density at radius 3 is 2.61 bits per heavy atom. The van der Waals surface area contributed by atoms with E-state index in [0.717, 1.165) is 28.7 Å². The maximum absolute atomic E-state index is 15.8. The summed E-state index contributed by atoms with van der Waals surface area (Å²) >= 11 is 10.1. The van der Waals surface area contributed by atoms with Crippen molar-refractivity contribution in [3.8, 4) is 16.9 Å². The molecule has 0 radical (unpaired) electrons. The van der Waals surface area contributed by atoms with Crippen LogP contribution in [-0.4, -0.2) is 65.5 Å². The number of halogens is 3. The maximum atomic E-state index is 15.8. The van der Waals surface area contributed by atoms with E-state index in [0.29, 0.717) is 52.4 Å². The molecule has 0 N–H and O–H groups in total. The molecule has 12 heteroatoms. The fraction of sp³-hybridized carbons (Fsp3) is 0.344. The summed E-state index contributed by atoms with van der Waals surface area (Å²) in [6, 6.07) is 10.3. The summed E-state index contributed by atoms with van der Waals surface area (Å²) in [6.45, 7) is 3.12. The first-order chi connectivity index (χ1) is 21.2. The third-order valence-corrected chi connectivity index (χ3v) is 9.80. The molecule has 0 spiro atoms. The van der Waals surface area contributed by atoms with E-state index in [4.69, 9.17) is 25.8 Å². The Hall–Kier alpha value is -3.67. The first-order valence-corrected chi connectivity index (χ1v) is 15.5. The monoisotopic (exact) mass is 682 g/mol. The number of aryl methyl sites for hydroxylation is 2. The van der Waals surface area contributed by atoms with E-state index < -0.39 is 11.8 Å². The van der Waals surface area contributed by atoms with Crippen LogP contribution < -0.4 is 9.64 Å². The Kier molecular flexibility index (Phi) is 7.30. The van der Waals surface area contributed by atoms with Crippen LogP contribution in [0.25, 0.3) is 22.2 Å². The lowest BCUT2D eigenvalue weighted by Gasteiger charge is -2.37. The quantitative estimate of drug-likeness (QED) is 0.235. The standard InChI is InChI=1S/C32H29BrClFN4O5/c1-16-36-28-27(24(34)11-23(33)29(28)37(16)2)31(40)38-12-17-5-4-6-20(30(17)44-15-38)21-10-26(22(9-25(21)35)32(41)42-3)39-18-7-8-19(39)14-43-13-18/h4-6,9-11,18-19H,7-8,12-15H2,1-3H3. The van der Waals surface area contributed by atoms with E-state index in [-0.39, 0.29) is 41.9 Å². The first kappa shape index (κ1) is 29.1. The van der Waals surface area contributed by atoms with Crippen LogP contribution in [0.5, 0.6) is 5.75 Å². The molecule has 3 aliphatic rings. The Balaban J connectivity index is 1.26. The van der Waals surface area contributed by atoms with Gasteiger partial charge in [0.1, 0.15) is 22.9 Å². The largest absolute Gasteiger partial charge is 0.472 e. The van der Waals surface area contributed by atoms with Gasteiger partial charge in [0.25, 0.3) is 5.91 Å². The van der Waals surface area contributed by atoms with Crippen molar-refractivity contribution >= 4 is 56.1 Å². The van der Waals surface area contributed by atoms with Crippen molar-refractivity contribution in [3.05, 3.63) is 74.2 Å². The summed E-state index contributed by atoms with van der Waals surface area (Å²) in [6.07, 6.45) is 1.86. The molecule has 2 saturated heterocycles. The summed E-state index contributed by atoms with van der Waals surface area (Å²) in [4.78, 5) is 35.0. The highest BCUT2D eigenvalue weighted by Gasteiger charge is 2.40. The van der Waals surface area contributed by atoms with Crippen molar-refractivity contribution in [2.75, 3.05) is 32.0 Å². The number of benzene rings is 3. The van der Waals surface area contributed by atoms with Gasteiger partial charge in [-0.1, -0.05) is 29.8 Å². The molecule has 3 aromatic carbocycles. The van der Waals surface area contributed by atoms with Crippen LogP contribution in [0.15, 0.2) is 40.9 Å². The van der Waals surface area contributed by atoms with E-state index in [1.54, 1.807) is 23.1 Å². The van der Waals surface area contributed by atoms with Gasteiger partial charge in [0.2, 0.25) is 0 Å². The van der Waals surface area contributed by atoms with Crippen molar-refractivity contribution in [1.29, 1.82) is 0 Å². The minimum atomic E-state index is -0.597. The second-order valence-corrected chi connectivity index (χ2v) is 12.6. The number of fused-ring (bicyclic) bond motifs is 4. The van der Waals surface area contributed by atoms with Gasteiger partial charge in [-0.3, -0.25) is 4.79 Å². The number of carbonyl (C=O) groups is 2. The Labute approximate surface area is 266 Å². The Morgan fingerprint density at radius 1 is 1.14 bits per heavy atom. The number of nitrogens with zero attached hydrogens (tertiary/aromatic N) is 4. The van der Waals surface area contributed by atoms with E-state index in [9.17, 15) is 9.59 Å². The second-order valence-electron chi connectivity index (χ2n) is 11.4. The molecule has 0 aliphatic carbocycles. The lowest BCUT2D eigenvalue weighted by atomic mass is 9.96. The van der Waals surface area contributed by atoms with Crippen LogP contribution in [0.1, 0.15) is 44.9 Å². The lowest BCUT2D eigenvalue weighted by Crippen LogP contribution is -2.46. The minimum absolute atomic E-state index is 0.0646. The average molecular weight is 684 g/mol. The highest BCUT2D eigenvalue weighted by Crippen LogP contribution is 2.43. The highest BCUT2D eigenvalue weighted by atomic mass is 79.9. The van der Waals surface area contributed by atoms with Gasteiger partial charge in [-0.15, -0.1) is 0 Å². The molecule has 1 aromatic heterocycles. The van der Waals surface area contributed by atoms with Gasteiger partial charge in [-0.25, -0.2) is 14.2 Å². The SMILES string of the molecule is COC(=O)c1cc(F)c(-c2cccc3c2OCN(C(=O)c2c(Cl)cc(Br)c4c2nc(C)n4C)C3)cc1N1C2CCC1COC2. The molecule has 2 unspecified atom stereocenters. The van der Waals surface area contributed by atoms with Crippen LogP contribution in [0, 0.1) is 12.7 Å². The van der Waals surface area contributed by atoms with Gasteiger partial charge >= 0.3 is 5.97 Å². The zero-order valence-electron chi connectivity index (χ0n) is 24.3. The number of para-hydroxylation sites is 1. The molecule has 2 atom stereocenters. The normalized spacial score (nSPS) is 19.2. The number of methoxy groups -OCH3 is 1. The van der Waals surface area contributed by atoms with Crippen molar-refractivity contribution in [2.24, 2.45) is 7.05 Å². The smallest absolute Gasteiger partial charge is 0.340 e. The zero-order valence-corrected chi connectivity index (χ0v) is 26.7. The molecule has 1 amide bonds. The van der Waals surface area contributed by atoms with Gasteiger partial charge in [0.05, 0.1) is 66.3 Å². The highest BCUT2D eigenvalue weighted by molar-refractivity contribution is 9.10. The molecule has 7 rings (SSSR count). The Morgan fingerprint density at radius 2 is 1.89 bits per heavy atom. The number of aromatic nitrogens is 2. The topological polar surface area (TPSA) is 86.1 Å². The number of hydrogen-bond donors (Lipinski definition) is 0. The minimum Gasteiger partial charge on any atom is -0.472 e. The predicted molar refractivity (Wildman–Crippen MR) is 167 cm³/mol. The van der Waals surface area contributed by atoms with Gasteiger partial charge in [0, 0.05) is 28.2 Å². The number of amides is 1. The molecule has 3 aliphatic heterocycles. The van der Waals surface area contributed by atoms with Gasteiger partial charge < -0.3 is 28.6 Å². The summed E-state index contributed by atoms with van der Waals surface area (Å²) in [5, 5.41) is 0.282. The Bertz CT molecular complexity index is 1850. The van der Waals surface area contributed by atoms with E-state index in [1.807, 2.05) is 30.7 Å². The second kappa shape index (κ2) is 11.0. The molecule has 0 saturated carbocycles. The van der Waals surface area contributed by atoms with Crippen molar-refractivity contribution in [2.45, 2.75) is 38.4 Å². The zero-order chi connectivity index (χ0) is 30.9. The van der Waals surface area contributed by atoms with Crippen LogP contribution in [0.4, 0.5) is 10.1 Å². The summed E-state index contributed by atoms with van der Waals surface area (Å²) in [5.74, 6) is -0.259. The summed E-state index contributed by atoms with van der Waals surface area (Å²) in [7, 11) is 3.17. The average Bonchev–Trinajstić information content (AvgIpc) is 3.44. The third-order valence-electron chi connectivity index (χ3n) is 8.90. The fourth-order valence-corrected chi connectivity index (χ4v) is 7.77. The van der Waals surface area contributed by atoms with Gasteiger partial charge in [0.15, 0.2) is 6.73 Å². The van der Waals surface area contributed by atoms with E-state index in [1.165, 1.54) is 13.2 Å². The van der Waals surface area contributed by atoms with Crippen LogP contribution in [0.2, 0.25) is 5.02 Å². The van der Waals surface area contributed by atoms with Gasteiger partial charge in [-0.2, -0.15) is 0 Å².